The van der Waals surface area contributed by atoms with Gasteiger partial charge in [-0.3, -0.25) is 14.9 Å². The van der Waals surface area contributed by atoms with Gasteiger partial charge in [-0.25, -0.2) is 0 Å². The molecular weight excluding hydrogens is 268 g/mol. The van der Waals surface area contributed by atoms with Gasteiger partial charge >= 0.3 is 0 Å². The smallest absolute Gasteiger partial charge is 0.273 e. The van der Waals surface area contributed by atoms with Crippen LogP contribution in [0.5, 0.6) is 0 Å². The molecule has 0 saturated heterocycles. The van der Waals surface area contributed by atoms with Crippen molar-refractivity contribution in [2.45, 2.75) is 19.4 Å². The van der Waals surface area contributed by atoms with Crippen molar-refractivity contribution in [3.05, 3.63) is 75.8 Å². The minimum absolute atomic E-state index is 0.00563. The van der Waals surface area contributed by atoms with Gasteiger partial charge in [0.05, 0.1) is 17.4 Å². The molecule has 0 aliphatic heterocycles. The van der Waals surface area contributed by atoms with Crippen molar-refractivity contribution in [1.29, 1.82) is 0 Å². The van der Waals surface area contributed by atoms with Crippen LogP contribution < -0.4 is 5.32 Å². The van der Waals surface area contributed by atoms with Gasteiger partial charge < -0.3 is 5.32 Å². The molecule has 1 amide bonds. The van der Waals surface area contributed by atoms with Crippen LogP contribution in [0.1, 0.15) is 24.1 Å². The summed E-state index contributed by atoms with van der Waals surface area (Å²) in [5.74, 6) is -0.236. The molecule has 0 fully saturated rings. The molecule has 0 spiro atoms. The van der Waals surface area contributed by atoms with Crippen LogP contribution >= 0.6 is 0 Å². The minimum Gasteiger partial charge on any atom is -0.349 e. The van der Waals surface area contributed by atoms with Gasteiger partial charge in [0.1, 0.15) is 0 Å². The van der Waals surface area contributed by atoms with Crippen molar-refractivity contribution in [2.75, 3.05) is 0 Å². The number of rotatable bonds is 5. The van der Waals surface area contributed by atoms with Crippen molar-refractivity contribution < 1.29 is 9.72 Å². The third-order valence-electron chi connectivity index (χ3n) is 3.22. The fourth-order valence-electron chi connectivity index (χ4n) is 2.13. The second-order valence-electron chi connectivity index (χ2n) is 4.76. The standard InChI is InChI=1S/C16H16N2O3/c1-12(13-7-3-2-4-8-13)17-16(19)11-14-9-5-6-10-15(14)18(20)21/h2-10,12H,11H2,1H3,(H,17,19)/t12-/m0/s1. The summed E-state index contributed by atoms with van der Waals surface area (Å²) in [6.45, 7) is 1.88. The second kappa shape index (κ2) is 6.65. The summed E-state index contributed by atoms with van der Waals surface area (Å²) in [5.41, 5.74) is 1.38. The Hall–Kier alpha value is -2.69. The molecular formula is C16H16N2O3. The van der Waals surface area contributed by atoms with E-state index in [4.69, 9.17) is 0 Å². The molecule has 2 rings (SSSR count). The number of nitro benzene ring substituents is 1. The molecule has 0 radical (unpaired) electrons. The minimum atomic E-state index is -0.469. The summed E-state index contributed by atoms with van der Waals surface area (Å²) in [4.78, 5) is 22.5. The van der Waals surface area contributed by atoms with Gasteiger partial charge in [0.25, 0.3) is 5.69 Å². The predicted octanol–water partition coefficient (Wildman–Crippen LogP) is 3.01. The monoisotopic (exact) mass is 284 g/mol. The lowest BCUT2D eigenvalue weighted by atomic mass is 10.1. The fourth-order valence-corrected chi connectivity index (χ4v) is 2.13. The zero-order valence-electron chi connectivity index (χ0n) is 11.7. The number of hydrogen-bond donors (Lipinski definition) is 1. The Bertz CT molecular complexity index is 641. The molecule has 1 atom stereocenters. The van der Waals surface area contributed by atoms with Crippen LogP contribution in [-0.2, 0) is 11.2 Å². The van der Waals surface area contributed by atoms with E-state index in [1.54, 1.807) is 18.2 Å². The predicted molar refractivity (Wildman–Crippen MR) is 79.8 cm³/mol. The summed E-state index contributed by atoms with van der Waals surface area (Å²) < 4.78 is 0. The third kappa shape index (κ3) is 3.89. The molecule has 0 aromatic heterocycles. The van der Waals surface area contributed by atoms with Crippen molar-refractivity contribution in [3.8, 4) is 0 Å². The molecule has 2 aromatic rings. The molecule has 108 valence electrons. The Morgan fingerprint density at radius 2 is 1.76 bits per heavy atom. The summed E-state index contributed by atoms with van der Waals surface area (Å²) in [6.07, 6.45) is -0.00563. The maximum atomic E-state index is 12.0. The molecule has 2 aromatic carbocycles. The van der Waals surface area contributed by atoms with Crippen LogP contribution in [0, 0.1) is 10.1 Å². The van der Waals surface area contributed by atoms with E-state index in [1.807, 2.05) is 37.3 Å². The van der Waals surface area contributed by atoms with Gasteiger partial charge in [0, 0.05) is 11.6 Å². The zero-order chi connectivity index (χ0) is 15.2. The van der Waals surface area contributed by atoms with E-state index in [9.17, 15) is 14.9 Å². The van der Waals surface area contributed by atoms with E-state index >= 15 is 0 Å². The topological polar surface area (TPSA) is 72.2 Å². The van der Waals surface area contributed by atoms with Gasteiger partial charge in [0.2, 0.25) is 5.91 Å². The molecule has 0 saturated carbocycles. The van der Waals surface area contributed by atoms with E-state index in [-0.39, 0.29) is 24.1 Å². The van der Waals surface area contributed by atoms with Gasteiger partial charge in [0.15, 0.2) is 0 Å². The maximum Gasteiger partial charge on any atom is 0.273 e. The number of carbonyl (C=O) groups is 1. The first-order chi connectivity index (χ1) is 10.1. The summed E-state index contributed by atoms with van der Waals surface area (Å²) >= 11 is 0. The van der Waals surface area contributed by atoms with Crippen molar-refractivity contribution in [3.63, 3.8) is 0 Å². The highest BCUT2D eigenvalue weighted by Crippen LogP contribution is 2.18. The largest absolute Gasteiger partial charge is 0.349 e. The van der Waals surface area contributed by atoms with Crippen LogP contribution in [0.2, 0.25) is 0 Å². The Kier molecular flexibility index (Phi) is 4.66. The number of nitro groups is 1. The lowest BCUT2D eigenvalue weighted by molar-refractivity contribution is -0.385. The molecule has 21 heavy (non-hydrogen) atoms. The first-order valence-electron chi connectivity index (χ1n) is 6.64. The lowest BCUT2D eigenvalue weighted by Gasteiger charge is -2.14. The highest BCUT2D eigenvalue weighted by molar-refractivity contribution is 5.80. The SMILES string of the molecule is C[C@H](NC(=O)Cc1ccccc1[N+](=O)[O-])c1ccccc1. The summed E-state index contributed by atoms with van der Waals surface area (Å²) in [7, 11) is 0. The number of nitrogens with zero attached hydrogens (tertiary/aromatic N) is 1. The average Bonchev–Trinajstić information content (AvgIpc) is 2.48. The highest BCUT2D eigenvalue weighted by atomic mass is 16.6. The van der Waals surface area contributed by atoms with Crippen LogP contribution in [0.15, 0.2) is 54.6 Å². The van der Waals surface area contributed by atoms with Gasteiger partial charge in [-0.15, -0.1) is 0 Å². The van der Waals surface area contributed by atoms with E-state index in [2.05, 4.69) is 5.32 Å². The molecule has 0 heterocycles. The van der Waals surface area contributed by atoms with Crippen molar-refractivity contribution >= 4 is 11.6 Å². The summed E-state index contributed by atoms with van der Waals surface area (Å²) in [6, 6.07) is 15.7. The van der Waals surface area contributed by atoms with Crippen molar-refractivity contribution in [1.82, 2.24) is 5.32 Å². The van der Waals surface area contributed by atoms with Crippen LogP contribution in [-0.4, -0.2) is 10.8 Å². The van der Waals surface area contributed by atoms with Gasteiger partial charge in [-0.2, -0.15) is 0 Å². The molecule has 1 N–H and O–H groups in total. The molecule has 0 bridgehead atoms. The zero-order valence-corrected chi connectivity index (χ0v) is 11.7. The Morgan fingerprint density at radius 3 is 2.43 bits per heavy atom. The number of nitrogens with one attached hydrogen (secondary N) is 1. The van der Waals surface area contributed by atoms with E-state index < -0.39 is 4.92 Å². The Labute approximate surface area is 122 Å². The van der Waals surface area contributed by atoms with Crippen LogP contribution in [0.3, 0.4) is 0 Å². The third-order valence-corrected chi connectivity index (χ3v) is 3.22. The maximum absolute atomic E-state index is 12.0. The quantitative estimate of drug-likeness (QED) is 0.677. The second-order valence-corrected chi connectivity index (χ2v) is 4.76. The number of hydrogen-bond acceptors (Lipinski definition) is 3. The fraction of sp³-hybridized carbons (Fsp3) is 0.188. The number of benzene rings is 2. The van der Waals surface area contributed by atoms with E-state index in [0.717, 1.165) is 5.56 Å². The normalized spacial score (nSPS) is 11.7. The average molecular weight is 284 g/mol. The number of amides is 1. The first-order valence-corrected chi connectivity index (χ1v) is 6.64. The van der Waals surface area contributed by atoms with E-state index in [1.165, 1.54) is 6.07 Å². The number of para-hydroxylation sites is 1. The molecule has 0 aliphatic carbocycles. The first kappa shape index (κ1) is 14.7. The number of carbonyl (C=O) groups excluding carboxylic acids is 1. The molecule has 0 unspecified atom stereocenters. The van der Waals surface area contributed by atoms with Gasteiger partial charge in [-0.1, -0.05) is 48.5 Å². The van der Waals surface area contributed by atoms with Crippen LogP contribution in [0.25, 0.3) is 0 Å². The summed E-state index contributed by atoms with van der Waals surface area (Å²) in [5, 5.41) is 13.8. The molecule has 5 nitrogen and oxygen atoms in total. The van der Waals surface area contributed by atoms with E-state index in [0.29, 0.717) is 5.56 Å². The van der Waals surface area contributed by atoms with Crippen LogP contribution in [0.4, 0.5) is 5.69 Å². The van der Waals surface area contributed by atoms with Crippen molar-refractivity contribution in [2.24, 2.45) is 0 Å². The lowest BCUT2D eigenvalue weighted by Crippen LogP contribution is -2.28. The molecule has 5 heteroatoms. The molecule has 0 aliphatic rings. The van der Waals surface area contributed by atoms with Gasteiger partial charge in [-0.05, 0) is 12.5 Å². The Morgan fingerprint density at radius 1 is 1.14 bits per heavy atom. The highest BCUT2D eigenvalue weighted by Gasteiger charge is 2.16. The Balaban J connectivity index is 2.04.